The molecule has 1 aromatic carbocycles. The Labute approximate surface area is 120 Å². The van der Waals surface area contributed by atoms with Gasteiger partial charge in [-0.1, -0.05) is 50.6 Å². The van der Waals surface area contributed by atoms with E-state index in [1.807, 2.05) is 11.3 Å². The van der Waals surface area contributed by atoms with Gasteiger partial charge in [0.05, 0.1) is 0 Å². The summed E-state index contributed by atoms with van der Waals surface area (Å²) in [5, 5.41) is 7.18. The van der Waals surface area contributed by atoms with Crippen molar-refractivity contribution in [3.05, 3.63) is 40.8 Å². The van der Waals surface area contributed by atoms with E-state index in [9.17, 15) is 0 Å². The molecule has 0 saturated carbocycles. The van der Waals surface area contributed by atoms with Crippen molar-refractivity contribution in [2.24, 2.45) is 5.92 Å². The SMILES string of the molecule is CCC(=Cc1csc2ccccc12)CNCC(C)C. The summed E-state index contributed by atoms with van der Waals surface area (Å²) in [6.45, 7) is 8.81. The van der Waals surface area contributed by atoms with E-state index in [1.54, 1.807) is 0 Å². The summed E-state index contributed by atoms with van der Waals surface area (Å²) >= 11 is 1.83. The van der Waals surface area contributed by atoms with Crippen LogP contribution in [-0.2, 0) is 0 Å². The van der Waals surface area contributed by atoms with Crippen molar-refractivity contribution in [2.45, 2.75) is 27.2 Å². The van der Waals surface area contributed by atoms with Crippen LogP contribution in [0, 0.1) is 5.92 Å². The number of benzene rings is 1. The number of nitrogens with one attached hydrogen (secondary N) is 1. The molecule has 0 fully saturated rings. The van der Waals surface area contributed by atoms with Gasteiger partial charge in [0, 0.05) is 11.2 Å². The topological polar surface area (TPSA) is 12.0 Å². The fourth-order valence-electron chi connectivity index (χ4n) is 2.13. The summed E-state index contributed by atoms with van der Waals surface area (Å²) in [6.07, 6.45) is 3.46. The lowest BCUT2D eigenvalue weighted by Crippen LogP contribution is -2.21. The normalized spacial score (nSPS) is 12.5. The first-order valence-electron chi connectivity index (χ1n) is 7.07. The summed E-state index contributed by atoms with van der Waals surface area (Å²) < 4.78 is 1.37. The van der Waals surface area contributed by atoms with E-state index in [4.69, 9.17) is 0 Å². The van der Waals surface area contributed by atoms with Gasteiger partial charge < -0.3 is 5.32 Å². The van der Waals surface area contributed by atoms with E-state index in [-0.39, 0.29) is 0 Å². The molecular formula is C17H23NS. The van der Waals surface area contributed by atoms with Crippen LogP contribution in [0.4, 0.5) is 0 Å². The molecule has 0 saturated heterocycles. The average molecular weight is 273 g/mol. The summed E-state index contributed by atoms with van der Waals surface area (Å²) in [7, 11) is 0. The largest absolute Gasteiger partial charge is 0.313 e. The van der Waals surface area contributed by atoms with Crippen LogP contribution in [0.2, 0.25) is 0 Å². The Morgan fingerprint density at radius 1 is 1.32 bits per heavy atom. The molecule has 0 radical (unpaired) electrons. The van der Waals surface area contributed by atoms with Gasteiger partial charge in [-0.25, -0.2) is 0 Å². The van der Waals surface area contributed by atoms with Crippen molar-refractivity contribution in [2.75, 3.05) is 13.1 Å². The van der Waals surface area contributed by atoms with Crippen LogP contribution < -0.4 is 5.32 Å². The smallest absolute Gasteiger partial charge is 0.0348 e. The van der Waals surface area contributed by atoms with Crippen LogP contribution in [0.25, 0.3) is 16.2 Å². The van der Waals surface area contributed by atoms with E-state index in [0.717, 1.165) is 19.5 Å². The molecule has 0 aliphatic carbocycles. The van der Waals surface area contributed by atoms with Gasteiger partial charge in [-0.15, -0.1) is 11.3 Å². The monoisotopic (exact) mass is 273 g/mol. The second kappa shape index (κ2) is 6.88. The van der Waals surface area contributed by atoms with Crippen LogP contribution in [0.1, 0.15) is 32.8 Å². The Balaban J connectivity index is 2.13. The molecule has 0 aliphatic heterocycles. The standard InChI is InChI=1S/C17H23NS/c1-4-14(11-18-10-13(2)3)9-15-12-19-17-8-6-5-7-16(15)17/h5-9,12-13,18H,4,10-11H2,1-3H3. The van der Waals surface area contributed by atoms with Gasteiger partial charge >= 0.3 is 0 Å². The maximum absolute atomic E-state index is 3.53. The fourth-order valence-corrected chi connectivity index (χ4v) is 3.05. The van der Waals surface area contributed by atoms with Crippen LogP contribution in [-0.4, -0.2) is 13.1 Å². The first kappa shape index (κ1) is 14.3. The highest BCUT2D eigenvalue weighted by Gasteiger charge is 2.02. The minimum atomic E-state index is 0.708. The highest BCUT2D eigenvalue weighted by molar-refractivity contribution is 7.17. The molecule has 19 heavy (non-hydrogen) atoms. The minimum absolute atomic E-state index is 0.708. The first-order chi connectivity index (χ1) is 9.20. The average Bonchev–Trinajstić information content (AvgIpc) is 2.80. The van der Waals surface area contributed by atoms with Crippen molar-refractivity contribution in [3.63, 3.8) is 0 Å². The van der Waals surface area contributed by atoms with Gasteiger partial charge in [0.15, 0.2) is 0 Å². The van der Waals surface area contributed by atoms with Crippen LogP contribution in [0.15, 0.2) is 35.2 Å². The van der Waals surface area contributed by atoms with Crippen molar-refractivity contribution in [3.8, 4) is 0 Å². The molecule has 1 N–H and O–H groups in total. The highest BCUT2D eigenvalue weighted by Crippen LogP contribution is 2.27. The Hall–Kier alpha value is -1.12. The van der Waals surface area contributed by atoms with Crippen molar-refractivity contribution >= 4 is 27.5 Å². The molecule has 0 amide bonds. The third kappa shape index (κ3) is 3.92. The molecule has 2 aromatic rings. The highest BCUT2D eigenvalue weighted by atomic mass is 32.1. The number of hydrogen-bond donors (Lipinski definition) is 1. The molecule has 2 heteroatoms. The Morgan fingerprint density at radius 3 is 2.84 bits per heavy atom. The predicted octanol–water partition coefficient (Wildman–Crippen LogP) is 4.94. The van der Waals surface area contributed by atoms with Gasteiger partial charge in [0.1, 0.15) is 0 Å². The lowest BCUT2D eigenvalue weighted by atomic mass is 10.1. The van der Waals surface area contributed by atoms with Crippen LogP contribution in [0.3, 0.4) is 0 Å². The summed E-state index contributed by atoms with van der Waals surface area (Å²) in [4.78, 5) is 0. The van der Waals surface area contributed by atoms with Crippen molar-refractivity contribution in [1.82, 2.24) is 5.32 Å². The van der Waals surface area contributed by atoms with E-state index >= 15 is 0 Å². The third-order valence-corrected chi connectivity index (χ3v) is 4.21. The number of hydrogen-bond acceptors (Lipinski definition) is 2. The molecule has 0 aliphatic rings. The van der Waals surface area contributed by atoms with Gasteiger partial charge in [-0.2, -0.15) is 0 Å². The van der Waals surface area contributed by atoms with E-state index in [0.29, 0.717) is 5.92 Å². The summed E-state index contributed by atoms with van der Waals surface area (Å²) in [5.74, 6) is 0.708. The predicted molar refractivity (Wildman–Crippen MR) is 87.8 cm³/mol. The minimum Gasteiger partial charge on any atom is -0.313 e. The summed E-state index contributed by atoms with van der Waals surface area (Å²) in [5.41, 5.74) is 2.84. The molecular weight excluding hydrogens is 250 g/mol. The first-order valence-corrected chi connectivity index (χ1v) is 7.95. The molecule has 1 aromatic heterocycles. The Morgan fingerprint density at radius 2 is 2.11 bits per heavy atom. The van der Waals surface area contributed by atoms with Crippen molar-refractivity contribution < 1.29 is 0 Å². The zero-order valence-electron chi connectivity index (χ0n) is 12.1. The van der Waals surface area contributed by atoms with E-state index in [1.165, 1.54) is 21.2 Å². The second-order valence-corrected chi connectivity index (χ2v) is 6.28. The van der Waals surface area contributed by atoms with E-state index in [2.05, 4.69) is 61.8 Å². The Bertz CT molecular complexity index is 551. The van der Waals surface area contributed by atoms with Crippen LogP contribution >= 0.6 is 11.3 Å². The number of thiophene rings is 1. The quantitative estimate of drug-likeness (QED) is 0.786. The molecule has 0 unspecified atom stereocenters. The van der Waals surface area contributed by atoms with Gasteiger partial charge in [-0.3, -0.25) is 0 Å². The third-order valence-electron chi connectivity index (χ3n) is 3.23. The zero-order valence-corrected chi connectivity index (χ0v) is 12.9. The van der Waals surface area contributed by atoms with Gasteiger partial charge in [-0.05, 0) is 41.3 Å². The number of fused-ring (bicyclic) bond motifs is 1. The molecule has 0 atom stereocenters. The molecule has 2 rings (SSSR count). The molecule has 0 bridgehead atoms. The maximum atomic E-state index is 3.53. The maximum Gasteiger partial charge on any atom is 0.0348 e. The van der Waals surface area contributed by atoms with Crippen LogP contribution in [0.5, 0.6) is 0 Å². The number of rotatable bonds is 6. The Kier molecular flexibility index (Phi) is 5.17. The van der Waals surface area contributed by atoms with Gasteiger partial charge in [0.2, 0.25) is 0 Å². The molecule has 0 spiro atoms. The lowest BCUT2D eigenvalue weighted by Gasteiger charge is -2.09. The van der Waals surface area contributed by atoms with E-state index < -0.39 is 0 Å². The molecule has 1 heterocycles. The summed E-state index contributed by atoms with van der Waals surface area (Å²) in [6, 6.07) is 8.64. The second-order valence-electron chi connectivity index (χ2n) is 5.37. The lowest BCUT2D eigenvalue weighted by molar-refractivity contribution is 0.569. The van der Waals surface area contributed by atoms with Gasteiger partial charge in [0.25, 0.3) is 0 Å². The fraction of sp³-hybridized carbons (Fsp3) is 0.412. The van der Waals surface area contributed by atoms with Crippen molar-refractivity contribution in [1.29, 1.82) is 0 Å². The zero-order chi connectivity index (χ0) is 13.7. The molecule has 102 valence electrons. The molecule has 1 nitrogen and oxygen atoms in total.